The van der Waals surface area contributed by atoms with Crippen molar-refractivity contribution < 1.29 is 19.2 Å². The van der Waals surface area contributed by atoms with Crippen LogP contribution in [0.15, 0.2) is 60.7 Å². The van der Waals surface area contributed by atoms with Crippen molar-refractivity contribution in [2.75, 3.05) is 26.7 Å². The molecule has 0 bridgehead atoms. The number of carbonyl (C=O) groups is 4. The van der Waals surface area contributed by atoms with Gasteiger partial charge >= 0.3 is 0 Å². The normalized spacial score (nSPS) is 22.3. The van der Waals surface area contributed by atoms with E-state index in [0.29, 0.717) is 13.0 Å². The second-order valence-corrected chi connectivity index (χ2v) is 12.2. The van der Waals surface area contributed by atoms with Crippen molar-refractivity contribution in [1.82, 2.24) is 25.3 Å². The van der Waals surface area contributed by atoms with Crippen molar-refractivity contribution >= 4 is 23.6 Å². The zero-order valence-electron chi connectivity index (χ0n) is 25.4. The molecule has 0 spiro atoms. The Labute approximate surface area is 255 Å². The van der Waals surface area contributed by atoms with Crippen molar-refractivity contribution in [1.29, 1.82) is 0 Å². The molecular formula is C34H45N5O4. The molecule has 3 aliphatic rings. The molecule has 2 aromatic rings. The number of hydrogen-bond acceptors (Lipinski definition) is 5. The largest absolute Gasteiger partial charge is 0.343 e. The van der Waals surface area contributed by atoms with Gasteiger partial charge in [-0.2, -0.15) is 0 Å². The zero-order valence-corrected chi connectivity index (χ0v) is 25.4. The molecule has 1 unspecified atom stereocenters. The molecular weight excluding hydrogens is 542 g/mol. The third-order valence-corrected chi connectivity index (χ3v) is 9.39. The summed E-state index contributed by atoms with van der Waals surface area (Å²) >= 11 is 0. The van der Waals surface area contributed by atoms with E-state index in [1.807, 2.05) is 53.4 Å². The van der Waals surface area contributed by atoms with Gasteiger partial charge in [-0.15, -0.1) is 0 Å². The monoisotopic (exact) mass is 587 g/mol. The van der Waals surface area contributed by atoms with Gasteiger partial charge in [-0.1, -0.05) is 79.9 Å². The number of aryl methyl sites for hydroxylation is 1. The molecule has 2 N–H and O–H groups in total. The maximum atomic E-state index is 14.4. The number of piperazine rings is 1. The first-order chi connectivity index (χ1) is 20.9. The molecule has 9 nitrogen and oxygen atoms in total. The quantitative estimate of drug-likeness (QED) is 0.421. The van der Waals surface area contributed by atoms with Crippen LogP contribution < -0.4 is 10.6 Å². The minimum Gasteiger partial charge on any atom is -0.343 e. The topological polar surface area (TPSA) is 102 Å². The number of amides is 4. The SMILES string of the molecule is CNC(C)C(=O)N[C@H](C(=O)N1CC(=O)N2[C@@H]1CN(CCCc1ccccc1)C(=O)[C@@H]2Cc1ccccc1)C1CCCCC1. The maximum Gasteiger partial charge on any atom is 0.247 e. The number of nitrogens with zero attached hydrogens (tertiary/aromatic N) is 3. The second-order valence-electron chi connectivity index (χ2n) is 12.2. The minimum atomic E-state index is -0.701. The molecule has 0 aromatic heterocycles. The number of benzene rings is 2. The van der Waals surface area contributed by atoms with Crippen LogP contribution in [0.4, 0.5) is 0 Å². The highest BCUT2D eigenvalue weighted by Crippen LogP contribution is 2.32. The Hall–Kier alpha value is -3.72. The molecule has 1 aliphatic carbocycles. The standard InChI is InChI=1S/C34H45N5O4/c1-24(35-2)32(41)36-31(27-18-10-5-11-19-27)34(43)38-23-30(40)39-28(21-26-15-8-4-9-16-26)33(42)37(22-29(38)39)20-12-17-25-13-6-3-7-14-25/h3-4,6-9,13-16,24,27-29,31,35H,5,10-12,17-23H2,1-2H3,(H,36,41)/t24?,28-,29+,31-/m0/s1. The lowest BCUT2D eigenvalue weighted by atomic mass is 9.83. The first-order valence-corrected chi connectivity index (χ1v) is 15.8. The Morgan fingerprint density at radius 3 is 2.23 bits per heavy atom. The molecule has 1 saturated carbocycles. The molecule has 0 radical (unpaired) electrons. The van der Waals surface area contributed by atoms with Crippen LogP contribution in [-0.2, 0) is 32.0 Å². The van der Waals surface area contributed by atoms with Crippen molar-refractivity contribution in [3.05, 3.63) is 71.8 Å². The lowest BCUT2D eigenvalue weighted by molar-refractivity contribution is -0.156. The van der Waals surface area contributed by atoms with Crippen molar-refractivity contribution in [2.24, 2.45) is 5.92 Å². The fourth-order valence-electron chi connectivity index (χ4n) is 6.84. The van der Waals surface area contributed by atoms with E-state index in [1.54, 1.807) is 23.8 Å². The van der Waals surface area contributed by atoms with E-state index in [2.05, 4.69) is 22.8 Å². The molecule has 2 aliphatic heterocycles. The van der Waals surface area contributed by atoms with E-state index in [4.69, 9.17) is 0 Å². The van der Waals surface area contributed by atoms with Gasteiger partial charge in [0.2, 0.25) is 23.6 Å². The van der Waals surface area contributed by atoms with Crippen LogP contribution in [0.2, 0.25) is 0 Å². The van der Waals surface area contributed by atoms with E-state index < -0.39 is 24.3 Å². The second kappa shape index (κ2) is 14.2. The molecule has 2 heterocycles. The van der Waals surface area contributed by atoms with Crippen molar-refractivity contribution in [3.8, 4) is 0 Å². The number of nitrogens with one attached hydrogen (secondary N) is 2. The van der Waals surface area contributed by atoms with Gasteiger partial charge in [-0.25, -0.2) is 0 Å². The Kier molecular flexibility index (Phi) is 10.1. The summed E-state index contributed by atoms with van der Waals surface area (Å²) < 4.78 is 0. The minimum absolute atomic E-state index is 0.0192. The molecule has 43 heavy (non-hydrogen) atoms. The number of carbonyl (C=O) groups excluding carboxylic acids is 4. The predicted molar refractivity (Wildman–Crippen MR) is 165 cm³/mol. The molecule has 5 rings (SSSR count). The summed E-state index contributed by atoms with van der Waals surface area (Å²) in [6, 6.07) is 18.1. The van der Waals surface area contributed by atoms with Crippen molar-refractivity contribution in [3.63, 3.8) is 0 Å². The van der Waals surface area contributed by atoms with Crippen LogP contribution in [0, 0.1) is 5.92 Å². The Balaban J connectivity index is 1.40. The average molecular weight is 588 g/mol. The summed E-state index contributed by atoms with van der Waals surface area (Å²) in [6.07, 6.45) is 6.33. The fraction of sp³-hybridized carbons (Fsp3) is 0.529. The van der Waals surface area contributed by atoms with Gasteiger partial charge in [-0.05, 0) is 56.7 Å². The number of fused-ring (bicyclic) bond motifs is 1. The van der Waals surface area contributed by atoms with Crippen LogP contribution in [0.3, 0.4) is 0 Å². The molecule has 3 fully saturated rings. The van der Waals surface area contributed by atoms with Gasteiger partial charge in [0, 0.05) is 13.0 Å². The lowest BCUT2D eigenvalue weighted by Crippen LogP contribution is -2.65. The van der Waals surface area contributed by atoms with Gasteiger partial charge in [0.15, 0.2) is 0 Å². The smallest absolute Gasteiger partial charge is 0.247 e. The van der Waals surface area contributed by atoms with Gasteiger partial charge in [0.05, 0.1) is 12.6 Å². The highest BCUT2D eigenvalue weighted by atomic mass is 16.2. The number of likely N-dealkylation sites (N-methyl/N-ethyl adjacent to an activating group) is 1. The van der Waals surface area contributed by atoms with Crippen LogP contribution in [0.25, 0.3) is 0 Å². The molecule has 2 saturated heterocycles. The summed E-state index contributed by atoms with van der Waals surface area (Å²) in [6.45, 7) is 2.50. The van der Waals surface area contributed by atoms with E-state index in [-0.39, 0.29) is 42.6 Å². The van der Waals surface area contributed by atoms with E-state index in [1.165, 1.54) is 5.56 Å². The van der Waals surface area contributed by atoms with Crippen LogP contribution in [0.1, 0.15) is 56.6 Å². The van der Waals surface area contributed by atoms with Crippen LogP contribution in [0.5, 0.6) is 0 Å². The Bertz CT molecular complexity index is 1270. The predicted octanol–water partition coefficient (Wildman–Crippen LogP) is 2.74. The average Bonchev–Trinajstić information content (AvgIpc) is 3.37. The zero-order chi connectivity index (χ0) is 30.3. The summed E-state index contributed by atoms with van der Waals surface area (Å²) in [5.74, 6) is -0.714. The summed E-state index contributed by atoms with van der Waals surface area (Å²) in [7, 11) is 1.72. The van der Waals surface area contributed by atoms with Crippen LogP contribution >= 0.6 is 0 Å². The first-order valence-electron chi connectivity index (χ1n) is 15.8. The highest BCUT2D eigenvalue weighted by Gasteiger charge is 2.52. The number of hydrogen-bond donors (Lipinski definition) is 2. The third-order valence-electron chi connectivity index (χ3n) is 9.39. The maximum absolute atomic E-state index is 14.4. The molecule has 2 aromatic carbocycles. The Morgan fingerprint density at radius 2 is 1.58 bits per heavy atom. The van der Waals surface area contributed by atoms with Crippen LogP contribution in [-0.4, -0.2) is 89.3 Å². The van der Waals surface area contributed by atoms with Gasteiger partial charge < -0.3 is 25.3 Å². The van der Waals surface area contributed by atoms with Gasteiger partial charge in [0.1, 0.15) is 24.8 Å². The molecule has 9 heteroatoms. The highest BCUT2D eigenvalue weighted by molar-refractivity contribution is 5.97. The van der Waals surface area contributed by atoms with Gasteiger partial charge in [-0.3, -0.25) is 19.2 Å². The summed E-state index contributed by atoms with van der Waals surface area (Å²) in [4.78, 5) is 60.0. The number of rotatable bonds is 11. The van der Waals surface area contributed by atoms with E-state index in [9.17, 15) is 19.2 Å². The summed E-state index contributed by atoms with van der Waals surface area (Å²) in [5, 5.41) is 6.01. The lowest BCUT2D eigenvalue weighted by Gasteiger charge is -2.45. The van der Waals surface area contributed by atoms with Crippen molar-refractivity contribution in [2.45, 2.75) is 82.6 Å². The van der Waals surface area contributed by atoms with Gasteiger partial charge in [0.25, 0.3) is 0 Å². The van der Waals surface area contributed by atoms with E-state index >= 15 is 0 Å². The Morgan fingerprint density at radius 1 is 0.930 bits per heavy atom. The molecule has 4 atom stereocenters. The fourth-order valence-corrected chi connectivity index (χ4v) is 6.84. The first kappa shape index (κ1) is 30.7. The summed E-state index contributed by atoms with van der Waals surface area (Å²) in [5.41, 5.74) is 2.18. The third kappa shape index (κ3) is 7.09. The molecule has 230 valence electrons. The van der Waals surface area contributed by atoms with E-state index in [0.717, 1.165) is 50.5 Å². The molecule has 4 amide bonds.